The standard InChI is InChI=1S/C26H34N4O2/c1-20(22-6-4-3-5-7-22)27-26(32)23-8-10-24(11-9-23)29-14-12-25(13-15-29)30-18-16-28(17-19-30)21(2)31/h3-11,20,25H,12-19H2,1-2H3,(H,27,32)/t20-/m1/s1. The lowest BCUT2D eigenvalue weighted by Crippen LogP contribution is -2.54. The lowest BCUT2D eigenvalue weighted by Gasteiger charge is -2.43. The second-order valence-electron chi connectivity index (χ2n) is 8.91. The molecule has 0 saturated carbocycles. The molecule has 4 rings (SSSR count). The van der Waals surface area contributed by atoms with Crippen molar-refractivity contribution in [2.45, 2.75) is 38.8 Å². The third-order valence-electron chi connectivity index (χ3n) is 6.88. The molecule has 2 heterocycles. The van der Waals surface area contributed by atoms with E-state index in [4.69, 9.17) is 0 Å². The first-order valence-electron chi connectivity index (χ1n) is 11.7. The van der Waals surface area contributed by atoms with E-state index in [1.807, 2.05) is 54.3 Å². The Hall–Kier alpha value is -2.86. The van der Waals surface area contributed by atoms with Crippen LogP contribution in [-0.2, 0) is 4.79 Å². The van der Waals surface area contributed by atoms with Crippen molar-refractivity contribution in [1.29, 1.82) is 0 Å². The van der Waals surface area contributed by atoms with Gasteiger partial charge < -0.3 is 15.1 Å². The number of carbonyl (C=O) groups excluding carboxylic acids is 2. The molecule has 0 spiro atoms. The van der Waals surface area contributed by atoms with Crippen LogP contribution in [0.5, 0.6) is 0 Å². The van der Waals surface area contributed by atoms with Gasteiger partial charge in [-0.25, -0.2) is 0 Å². The maximum atomic E-state index is 12.6. The molecule has 0 aromatic heterocycles. The number of nitrogens with zero attached hydrogens (tertiary/aromatic N) is 3. The van der Waals surface area contributed by atoms with Gasteiger partial charge in [-0.05, 0) is 49.6 Å². The molecular weight excluding hydrogens is 400 g/mol. The number of hydrogen-bond acceptors (Lipinski definition) is 4. The van der Waals surface area contributed by atoms with E-state index in [0.29, 0.717) is 11.6 Å². The van der Waals surface area contributed by atoms with Gasteiger partial charge in [0.05, 0.1) is 6.04 Å². The normalized spacial score (nSPS) is 18.9. The summed E-state index contributed by atoms with van der Waals surface area (Å²) in [7, 11) is 0. The van der Waals surface area contributed by atoms with Crippen LogP contribution in [-0.4, -0.2) is 66.9 Å². The molecule has 32 heavy (non-hydrogen) atoms. The molecule has 6 nitrogen and oxygen atoms in total. The maximum absolute atomic E-state index is 12.6. The highest BCUT2D eigenvalue weighted by Crippen LogP contribution is 2.24. The van der Waals surface area contributed by atoms with Crippen molar-refractivity contribution in [3.05, 3.63) is 65.7 Å². The first-order chi connectivity index (χ1) is 15.5. The Bertz CT molecular complexity index is 899. The molecule has 6 heteroatoms. The number of amides is 2. The molecule has 0 aliphatic carbocycles. The highest BCUT2D eigenvalue weighted by atomic mass is 16.2. The summed E-state index contributed by atoms with van der Waals surface area (Å²) in [5.41, 5.74) is 2.97. The molecule has 2 fully saturated rings. The van der Waals surface area contributed by atoms with Gasteiger partial charge in [-0.2, -0.15) is 0 Å². The Kier molecular flexibility index (Phi) is 7.10. The predicted molar refractivity (Wildman–Crippen MR) is 128 cm³/mol. The van der Waals surface area contributed by atoms with Crippen molar-refractivity contribution in [3.63, 3.8) is 0 Å². The minimum Gasteiger partial charge on any atom is -0.371 e. The summed E-state index contributed by atoms with van der Waals surface area (Å²) in [4.78, 5) is 31.1. The summed E-state index contributed by atoms with van der Waals surface area (Å²) >= 11 is 0. The highest BCUT2D eigenvalue weighted by Gasteiger charge is 2.28. The number of hydrogen-bond donors (Lipinski definition) is 1. The second kappa shape index (κ2) is 10.2. The molecule has 1 atom stereocenters. The summed E-state index contributed by atoms with van der Waals surface area (Å²) in [5, 5.41) is 3.08. The van der Waals surface area contributed by atoms with Gasteiger partial charge in [0.1, 0.15) is 0 Å². The minimum atomic E-state index is -0.0451. The van der Waals surface area contributed by atoms with Gasteiger partial charge in [-0.3, -0.25) is 14.5 Å². The minimum absolute atomic E-state index is 0.0280. The van der Waals surface area contributed by atoms with Crippen LogP contribution >= 0.6 is 0 Å². The number of nitrogens with one attached hydrogen (secondary N) is 1. The zero-order chi connectivity index (χ0) is 22.5. The number of benzene rings is 2. The van der Waals surface area contributed by atoms with Crippen LogP contribution in [0.4, 0.5) is 5.69 Å². The molecule has 2 saturated heterocycles. The van der Waals surface area contributed by atoms with Crippen molar-refractivity contribution in [2.75, 3.05) is 44.2 Å². The van der Waals surface area contributed by atoms with Crippen LogP contribution in [0.15, 0.2) is 54.6 Å². The Labute approximate surface area is 191 Å². The lowest BCUT2D eigenvalue weighted by atomic mass is 10.0. The monoisotopic (exact) mass is 434 g/mol. The smallest absolute Gasteiger partial charge is 0.251 e. The summed E-state index contributed by atoms with van der Waals surface area (Å²) in [6.45, 7) is 9.37. The molecule has 0 unspecified atom stereocenters. The molecule has 0 bridgehead atoms. The first-order valence-corrected chi connectivity index (χ1v) is 11.7. The van der Waals surface area contributed by atoms with E-state index in [1.165, 1.54) is 5.69 Å². The van der Waals surface area contributed by atoms with Crippen molar-refractivity contribution in [2.24, 2.45) is 0 Å². The number of piperidine rings is 1. The number of piperazine rings is 1. The van der Waals surface area contributed by atoms with Crippen LogP contribution in [0.2, 0.25) is 0 Å². The molecule has 2 aromatic carbocycles. The Balaban J connectivity index is 1.27. The topological polar surface area (TPSA) is 55.9 Å². The van der Waals surface area contributed by atoms with E-state index >= 15 is 0 Å². The summed E-state index contributed by atoms with van der Waals surface area (Å²) in [6, 6.07) is 18.6. The van der Waals surface area contributed by atoms with Gasteiger partial charge in [0.2, 0.25) is 5.91 Å². The van der Waals surface area contributed by atoms with Crippen molar-refractivity contribution in [3.8, 4) is 0 Å². The SMILES string of the molecule is CC(=O)N1CCN(C2CCN(c3ccc(C(=O)N[C@H](C)c4ccccc4)cc3)CC2)CC1. The van der Waals surface area contributed by atoms with E-state index < -0.39 is 0 Å². The Morgan fingerprint density at radius 2 is 1.50 bits per heavy atom. The predicted octanol–water partition coefficient (Wildman–Crippen LogP) is 3.31. The van der Waals surface area contributed by atoms with Crippen LogP contribution in [0.25, 0.3) is 0 Å². The van der Waals surface area contributed by atoms with Gasteiger partial charge >= 0.3 is 0 Å². The van der Waals surface area contributed by atoms with E-state index in [9.17, 15) is 9.59 Å². The molecule has 0 radical (unpaired) electrons. The fourth-order valence-corrected chi connectivity index (χ4v) is 4.82. The van der Waals surface area contributed by atoms with Gasteiger partial charge in [-0.1, -0.05) is 30.3 Å². The maximum Gasteiger partial charge on any atom is 0.251 e. The van der Waals surface area contributed by atoms with Crippen LogP contribution in [0.3, 0.4) is 0 Å². The molecule has 2 aliphatic heterocycles. The van der Waals surface area contributed by atoms with Crippen molar-refractivity contribution < 1.29 is 9.59 Å². The van der Waals surface area contributed by atoms with E-state index in [0.717, 1.165) is 57.7 Å². The van der Waals surface area contributed by atoms with Crippen molar-refractivity contribution in [1.82, 2.24) is 15.1 Å². The van der Waals surface area contributed by atoms with Crippen LogP contribution in [0, 0.1) is 0 Å². The fraction of sp³-hybridized carbons (Fsp3) is 0.462. The van der Waals surface area contributed by atoms with Gasteiger partial charge in [0.25, 0.3) is 5.91 Å². The summed E-state index contributed by atoms with van der Waals surface area (Å²) < 4.78 is 0. The number of anilines is 1. The van der Waals surface area contributed by atoms with Gasteiger partial charge in [0, 0.05) is 63.5 Å². The molecule has 1 N–H and O–H groups in total. The average Bonchev–Trinajstić information content (AvgIpc) is 2.85. The molecule has 2 aliphatic rings. The first kappa shape index (κ1) is 22.3. The Morgan fingerprint density at radius 1 is 0.875 bits per heavy atom. The number of carbonyl (C=O) groups is 2. The zero-order valence-corrected chi connectivity index (χ0v) is 19.2. The molecule has 170 valence electrons. The number of rotatable bonds is 5. The van der Waals surface area contributed by atoms with Crippen molar-refractivity contribution >= 4 is 17.5 Å². The highest BCUT2D eigenvalue weighted by molar-refractivity contribution is 5.94. The summed E-state index contributed by atoms with van der Waals surface area (Å²) in [5.74, 6) is 0.141. The fourth-order valence-electron chi connectivity index (χ4n) is 4.82. The third kappa shape index (κ3) is 5.30. The van der Waals surface area contributed by atoms with E-state index in [-0.39, 0.29) is 17.9 Å². The van der Waals surface area contributed by atoms with E-state index in [2.05, 4.69) is 27.2 Å². The molecular formula is C26H34N4O2. The second-order valence-corrected chi connectivity index (χ2v) is 8.91. The largest absolute Gasteiger partial charge is 0.371 e. The van der Waals surface area contributed by atoms with Crippen LogP contribution in [0.1, 0.15) is 48.7 Å². The van der Waals surface area contributed by atoms with Crippen LogP contribution < -0.4 is 10.2 Å². The summed E-state index contributed by atoms with van der Waals surface area (Å²) in [6.07, 6.45) is 2.27. The average molecular weight is 435 g/mol. The lowest BCUT2D eigenvalue weighted by molar-refractivity contribution is -0.130. The Morgan fingerprint density at radius 3 is 2.09 bits per heavy atom. The van der Waals surface area contributed by atoms with Gasteiger partial charge in [0.15, 0.2) is 0 Å². The van der Waals surface area contributed by atoms with Gasteiger partial charge in [-0.15, -0.1) is 0 Å². The van der Waals surface area contributed by atoms with E-state index in [1.54, 1.807) is 6.92 Å². The molecule has 2 amide bonds. The quantitative estimate of drug-likeness (QED) is 0.785. The third-order valence-corrected chi connectivity index (χ3v) is 6.88. The molecule has 2 aromatic rings. The zero-order valence-electron chi connectivity index (χ0n) is 19.2.